The normalized spacial score (nSPS) is 19.6. The number of aromatic nitrogens is 2. The molecule has 0 saturated heterocycles. The molecule has 0 spiro atoms. The molecule has 2 unspecified atom stereocenters. The molecule has 3 rings (SSSR count). The Morgan fingerprint density at radius 1 is 1.28 bits per heavy atom. The van der Waals surface area contributed by atoms with E-state index < -0.39 is 13.5 Å². The number of anilines is 1. The summed E-state index contributed by atoms with van der Waals surface area (Å²) in [4.78, 5) is 14.3. The topological polar surface area (TPSA) is 134 Å². The Labute approximate surface area is 171 Å². The number of aliphatic hydroxyl groups is 1. The Bertz CT molecular complexity index is 820. The molecule has 1 aliphatic carbocycles. The van der Waals surface area contributed by atoms with Gasteiger partial charge in [0.15, 0.2) is 0 Å². The third-order valence-electron chi connectivity index (χ3n) is 5.52. The van der Waals surface area contributed by atoms with E-state index in [9.17, 15) is 14.6 Å². The lowest BCUT2D eigenvalue weighted by Gasteiger charge is -2.25. The van der Waals surface area contributed by atoms with Crippen molar-refractivity contribution in [3.63, 3.8) is 0 Å². The molecule has 160 valence electrons. The lowest BCUT2D eigenvalue weighted by Crippen LogP contribution is -2.32. The van der Waals surface area contributed by atoms with Crippen LogP contribution in [-0.2, 0) is 4.57 Å². The summed E-state index contributed by atoms with van der Waals surface area (Å²) >= 11 is 0. The molecule has 1 heterocycles. The lowest BCUT2D eigenvalue weighted by molar-refractivity contribution is 0.186. The maximum atomic E-state index is 12.5. The number of benzene rings is 1. The van der Waals surface area contributed by atoms with E-state index >= 15 is 0 Å². The molecule has 0 bridgehead atoms. The molecule has 2 aromatic rings. The van der Waals surface area contributed by atoms with E-state index in [1.165, 1.54) is 6.42 Å². The highest BCUT2D eigenvalue weighted by Gasteiger charge is 2.28. The van der Waals surface area contributed by atoms with Crippen molar-refractivity contribution in [3.8, 4) is 11.5 Å². The molecule has 1 aromatic carbocycles. The van der Waals surface area contributed by atoms with Gasteiger partial charge in [0.25, 0.3) is 11.8 Å². The molecule has 8 nitrogen and oxygen atoms in total. The Hall–Kier alpha value is -1.73. The summed E-state index contributed by atoms with van der Waals surface area (Å²) in [5.41, 5.74) is 7.26. The van der Waals surface area contributed by atoms with Crippen molar-refractivity contribution in [2.75, 3.05) is 24.6 Å². The zero-order chi connectivity index (χ0) is 20.9. The van der Waals surface area contributed by atoms with E-state index in [1.54, 1.807) is 0 Å². The smallest absolute Gasteiger partial charge is 0.261 e. The summed E-state index contributed by atoms with van der Waals surface area (Å²) in [5.74, 6) is 0.783. The number of hydrogen-bond donors (Lipinski definition) is 4. The van der Waals surface area contributed by atoms with Crippen LogP contribution in [0, 0.1) is 5.92 Å². The summed E-state index contributed by atoms with van der Waals surface area (Å²) in [7, 11) is -3.31. The summed E-state index contributed by atoms with van der Waals surface area (Å²) in [6, 6.07) is 7.56. The highest BCUT2D eigenvalue weighted by molar-refractivity contribution is 7.58. The molecule has 9 heteroatoms. The second-order valence-electron chi connectivity index (χ2n) is 8.08. The van der Waals surface area contributed by atoms with Gasteiger partial charge in [-0.1, -0.05) is 31.4 Å². The van der Waals surface area contributed by atoms with Gasteiger partial charge in [0, 0.05) is 24.3 Å². The first-order valence-corrected chi connectivity index (χ1v) is 12.3. The van der Waals surface area contributed by atoms with Crippen LogP contribution in [0.1, 0.15) is 50.6 Å². The van der Waals surface area contributed by atoms with Gasteiger partial charge in [0.05, 0.1) is 12.3 Å². The van der Waals surface area contributed by atoms with Gasteiger partial charge in [-0.25, -0.2) is 0 Å². The van der Waals surface area contributed by atoms with Gasteiger partial charge in [-0.15, -0.1) is 0 Å². The molecule has 1 aliphatic rings. The van der Waals surface area contributed by atoms with Crippen molar-refractivity contribution in [2.24, 2.45) is 5.92 Å². The zero-order valence-corrected chi connectivity index (χ0v) is 17.7. The number of nitrogens with zero attached hydrogens (tertiary/aromatic N) is 2. The first-order chi connectivity index (χ1) is 13.8. The predicted molar refractivity (Wildman–Crippen MR) is 113 cm³/mol. The molecule has 1 fully saturated rings. The second-order valence-corrected chi connectivity index (χ2v) is 10.5. The Morgan fingerprint density at radius 2 is 1.97 bits per heavy atom. The maximum absolute atomic E-state index is 12.5. The molecule has 0 amide bonds. The number of rotatable bonds is 9. The van der Waals surface area contributed by atoms with Crippen LogP contribution in [0.4, 0.5) is 5.95 Å². The standard InChI is InChI=1S/C20H31N4O4P/c1-14(16-7-9-17(10-8-16)19-23-20(21)24-28-19)22-11-18(25)13-29(26,27)12-15-5-3-2-4-6-15/h7-10,14-15,18,22,25H,2-6,11-13H2,1H3,(H2,21,24)(H,26,27)/t14?,18-/m0/s1. The van der Waals surface area contributed by atoms with Crippen molar-refractivity contribution in [2.45, 2.75) is 51.2 Å². The van der Waals surface area contributed by atoms with Crippen molar-refractivity contribution in [1.82, 2.24) is 15.5 Å². The number of hydrogen-bond acceptors (Lipinski definition) is 7. The summed E-state index contributed by atoms with van der Waals surface area (Å²) < 4.78 is 17.6. The monoisotopic (exact) mass is 422 g/mol. The fourth-order valence-corrected chi connectivity index (χ4v) is 6.05. The van der Waals surface area contributed by atoms with Crippen molar-refractivity contribution < 1.29 is 19.1 Å². The lowest BCUT2D eigenvalue weighted by atomic mass is 9.91. The Balaban J connectivity index is 1.46. The van der Waals surface area contributed by atoms with Crippen LogP contribution in [0.5, 0.6) is 0 Å². The van der Waals surface area contributed by atoms with E-state index in [4.69, 9.17) is 10.3 Å². The highest BCUT2D eigenvalue weighted by atomic mass is 31.2. The molecule has 3 atom stereocenters. The zero-order valence-electron chi connectivity index (χ0n) is 16.8. The quantitative estimate of drug-likeness (QED) is 0.453. The largest absolute Gasteiger partial charge is 0.391 e. The minimum atomic E-state index is -3.31. The Kier molecular flexibility index (Phi) is 7.46. The van der Waals surface area contributed by atoms with Crippen LogP contribution in [0.2, 0.25) is 0 Å². The number of nitrogen functional groups attached to an aromatic ring is 1. The van der Waals surface area contributed by atoms with Crippen molar-refractivity contribution in [3.05, 3.63) is 29.8 Å². The van der Waals surface area contributed by atoms with E-state index in [-0.39, 0.29) is 24.7 Å². The van der Waals surface area contributed by atoms with Gasteiger partial charge in [-0.05, 0) is 48.5 Å². The van der Waals surface area contributed by atoms with Crippen molar-refractivity contribution >= 4 is 13.3 Å². The SMILES string of the molecule is CC(NC[C@H](O)CP(=O)(O)CC1CCCCC1)c1ccc(-c2nc(N)no2)cc1. The second kappa shape index (κ2) is 9.85. The summed E-state index contributed by atoms with van der Waals surface area (Å²) in [6.45, 7) is 2.24. The fourth-order valence-electron chi connectivity index (χ4n) is 3.94. The van der Waals surface area contributed by atoms with Crippen LogP contribution in [0.3, 0.4) is 0 Å². The molecule has 1 saturated carbocycles. The summed E-state index contributed by atoms with van der Waals surface area (Å²) in [6.07, 6.45) is 5.00. The molecule has 1 aromatic heterocycles. The van der Waals surface area contributed by atoms with Gasteiger partial charge < -0.3 is 25.6 Å². The third-order valence-corrected chi connectivity index (χ3v) is 7.60. The molecule has 0 radical (unpaired) electrons. The van der Waals surface area contributed by atoms with Gasteiger partial charge in [0.2, 0.25) is 7.37 Å². The average Bonchev–Trinajstić information content (AvgIpc) is 3.12. The van der Waals surface area contributed by atoms with Gasteiger partial charge in [0.1, 0.15) is 0 Å². The van der Waals surface area contributed by atoms with E-state index in [0.29, 0.717) is 18.0 Å². The fraction of sp³-hybridized carbons (Fsp3) is 0.600. The molecule has 0 aliphatic heterocycles. The number of aliphatic hydroxyl groups excluding tert-OH is 1. The van der Waals surface area contributed by atoms with E-state index in [2.05, 4.69) is 15.5 Å². The van der Waals surface area contributed by atoms with Crippen LogP contribution in [0.25, 0.3) is 11.5 Å². The molecule has 5 N–H and O–H groups in total. The molecule has 29 heavy (non-hydrogen) atoms. The van der Waals surface area contributed by atoms with Gasteiger partial charge in [-0.2, -0.15) is 4.98 Å². The highest BCUT2D eigenvalue weighted by Crippen LogP contribution is 2.45. The third kappa shape index (κ3) is 6.64. The maximum Gasteiger partial charge on any atom is 0.261 e. The Morgan fingerprint density at radius 3 is 2.59 bits per heavy atom. The predicted octanol–water partition coefficient (Wildman–Crippen LogP) is 3.18. The number of nitrogens with one attached hydrogen (secondary N) is 1. The van der Waals surface area contributed by atoms with Gasteiger partial charge >= 0.3 is 0 Å². The number of nitrogens with two attached hydrogens (primary N) is 1. The van der Waals surface area contributed by atoms with Crippen LogP contribution >= 0.6 is 7.37 Å². The minimum absolute atomic E-state index is 0.0251. The molecular weight excluding hydrogens is 391 g/mol. The van der Waals surface area contributed by atoms with Crippen LogP contribution < -0.4 is 11.1 Å². The summed E-state index contributed by atoms with van der Waals surface area (Å²) in [5, 5.41) is 17.1. The average molecular weight is 422 g/mol. The van der Waals surface area contributed by atoms with E-state index in [1.807, 2.05) is 31.2 Å². The van der Waals surface area contributed by atoms with Crippen LogP contribution in [0.15, 0.2) is 28.8 Å². The van der Waals surface area contributed by atoms with Crippen LogP contribution in [-0.4, -0.2) is 45.1 Å². The van der Waals surface area contributed by atoms with Gasteiger partial charge in [-0.3, -0.25) is 4.57 Å². The molecular formula is C20H31N4O4P. The van der Waals surface area contributed by atoms with E-state index in [0.717, 1.165) is 36.8 Å². The minimum Gasteiger partial charge on any atom is -0.391 e. The first-order valence-electron chi connectivity index (χ1n) is 10.2. The van der Waals surface area contributed by atoms with Crippen molar-refractivity contribution in [1.29, 1.82) is 0 Å². The first kappa shape index (κ1) is 22.0.